The van der Waals surface area contributed by atoms with Crippen molar-refractivity contribution in [3.63, 3.8) is 0 Å². The number of hydrogen-bond acceptors (Lipinski definition) is 9. The van der Waals surface area contributed by atoms with Crippen LogP contribution in [0.25, 0.3) is 0 Å². The van der Waals surface area contributed by atoms with Crippen molar-refractivity contribution in [3.8, 4) is 0 Å². The third kappa shape index (κ3) is 5.53. The second-order valence-electron chi connectivity index (χ2n) is 6.38. The number of amides is 3. The number of fused-ring (bicyclic) bond motifs is 2. The molecule has 154 valence electrons. The zero-order valence-electron chi connectivity index (χ0n) is 15.6. The van der Waals surface area contributed by atoms with Crippen molar-refractivity contribution in [1.29, 1.82) is 0 Å². The van der Waals surface area contributed by atoms with Gasteiger partial charge >= 0.3 is 35.6 Å². The second kappa shape index (κ2) is 9.51. The molecule has 15 heteroatoms. The molecule has 0 unspecified atom stereocenters. The number of aliphatic hydroxyl groups is 1. The summed E-state index contributed by atoms with van der Waals surface area (Å²) in [7, 11) is -5.11. The van der Waals surface area contributed by atoms with E-state index >= 15 is 0 Å². The number of ketones is 1. The van der Waals surface area contributed by atoms with Crippen LogP contribution in [0.4, 0.5) is 4.79 Å². The van der Waals surface area contributed by atoms with Gasteiger partial charge in [-0.1, -0.05) is 0 Å². The number of hydrogen-bond donors (Lipinski definition) is 2. The van der Waals surface area contributed by atoms with Gasteiger partial charge in [-0.05, 0) is 12.8 Å². The Bertz CT molecular complexity index is 890. The van der Waals surface area contributed by atoms with Gasteiger partial charge in [-0.2, -0.15) is 9.35 Å². The Morgan fingerprint density at radius 3 is 2.76 bits per heavy atom. The number of carbonyl (C=O) groups is 3. The summed E-state index contributed by atoms with van der Waals surface area (Å²) in [5.41, 5.74) is 0. The molecule has 2 aliphatic rings. The first-order valence-corrected chi connectivity index (χ1v) is 9.68. The molecule has 2 saturated heterocycles. The van der Waals surface area contributed by atoms with Crippen LogP contribution in [-0.2, 0) is 37.4 Å². The van der Waals surface area contributed by atoms with Gasteiger partial charge in [-0.25, -0.2) is 18.2 Å². The molecule has 0 radical (unpaired) electrons. The Morgan fingerprint density at radius 2 is 2.10 bits per heavy atom. The van der Waals surface area contributed by atoms with Crippen molar-refractivity contribution in [2.45, 2.75) is 38.1 Å². The van der Waals surface area contributed by atoms with Gasteiger partial charge in [-0.3, -0.25) is 9.59 Å². The van der Waals surface area contributed by atoms with Crippen LogP contribution in [0.1, 0.15) is 18.7 Å². The van der Waals surface area contributed by atoms with Crippen molar-refractivity contribution in [2.75, 3.05) is 13.1 Å². The monoisotopic (exact) mass is 439 g/mol. The summed E-state index contributed by atoms with van der Waals surface area (Å²) in [6, 6.07) is -2.43. The van der Waals surface area contributed by atoms with Gasteiger partial charge in [0.1, 0.15) is 18.5 Å². The first-order valence-electron chi connectivity index (χ1n) is 8.35. The second-order valence-corrected chi connectivity index (χ2v) is 7.34. The largest absolute Gasteiger partial charge is 1.00 e. The number of nitrogens with zero attached hydrogens (tertiary/aromatic N) is 4. The fourth-order valence-corrected chi connectivity index (χ4v) is 3.67. The number of imidazole rings is 1. The quantitative estimate of drug-likeness (QED) is 0.228. The van der Waals surface area contributed by atoms with Crippen LogP contribution in [0, 0.1) is 0 Å². The Balaban J connectivity index is 0.00000300. The van der Waals surface area contributed by atoms with Crippen molar-refractivity contribution in [1.82, 2.24) is 24.8 Å². The van der Waals surface area contributed by atoms with Crippen molar-refractivity contribution < 1.29 is 66.3 Å². The van der Waals surface area contributed by atoms with E-state index in [1.807, 2.05) is 0 Å². The van der Waals surface area contributed by atoms with E-state index in [0.717, 1.165) is 4.90 Å². The molecule has 2 fully saturated rings. The number of nitrogens with one attached hydrogen (secondary N) is 1. The van der Waals surface area contributed by atoms with Gasteiger partial charge in [0.2, 0.25) is 16.3 Å². The third-order valence-electron chi connectivity index (χ3n) is 4.55. The minimum absolute atomic E-state index is 0. The fourth-order valence-electron chi connectivity index (χ4n) is 3.29. The minimum Gasteiger partial charge on any atom is -0.724 e. The zero-order valence-corrected chi connectivity index (χ0v) is 18.4. The predicted molar refractivity (Wildman–Crippen MR) is 87.7 cm³/mol. The molecule has 0 spiro atoms. The average Bonchev–Trinajstić information content (AvgIpc) is 3.17. The number of aromatic nitrogens is 2. The summed E-state index contributed by atoms with van der Waals surface area (Å²) in [5.74, 6) is -0.598. The molecular formula is C14H18N5NaO8S. The number of urea groups is 1. The summed E-state index contributed by atoms with van der Waals surface area (Å²) in [6.07, 6.45) is 3.45. The Labute approximate surface area is 188 Å². The van der Waals surface area contributed by atoms with E-state index in [1.54, 1.807) is 0 Å². The normalized spacial score (nSPS) is 21.1. The Hall–Kier alpha value is -1.55. The van der Waals surface area contributed by atoms with E-state index < -0.39 is 34.4 Å². The number of aliphatic hydroxyl groups excluding tert-OH is 1. The van der Waals surface area contributed by atoms with E-state index in [9.17, 15) is 27.4 Å². The summed E-state index contributed by atoms with van der Waals surface area (Å²) < 4.78 is 37.9. The van der Waals surface area contributed by atoms with Gasteiger partial charge in [0.25, 0.3) is 0 Å². The summed E-state index contributed by atoms with van der Waals surface area (Å²) in [5, 5.41) is 12.0. The Kier molecular flexibility index (Phi) is 7.78. The summed E-state index contributed by atoms with van der Waals surface area (Å²) in [6.45, 7) is -0.673. The molecule has 2 N–H and O–H groups in total. The first-order chi connectivity index (χ1) is 13.2. The first kappa shape index (κ1) is 23.7. The van der Waals surface area contributed by atoms with Crippen LogP contribution in [0.2, 0.25) is 0 Å². The van der Waals surface area contributed by atoms with E-state index in [4.69, 9.17) is 5.11 Å². The van der Waals surface area contributed by atoms with Gasteiger partial charge in [0.15, 0.2) is 5.78 Å². The van der Waals surface area contributed by atoms with E-state index in [1.165, 1.54) is 17.0 Å². The number of rotatable bonds is 8. The molecule has 2 bridgehead atoms. The molecule has 3 rings (SSSR count). The molecule has 1 aromatic rings. The van der Waals surface area contributed by atoms with Gasteiger partial charge in [-0.15, -0.1) is 0 Å². The van der Waals surface area contributed by atoms with Crippen molar-refractivity contribution >= 4 is 28.1 Å². The minimum atomic E-state index is -5.11. The zero-order chi connectivity index (χ0) is 20.5. The van der Waals surface area contributed by atoms with Crippen LogP contribution in [0.15, 0.2) is 12.4 Å². The maximum absolute atomic E-state index is 12.4. The van der Waals surface area contributed by atoms with Gasteiger partial charge in [0, 0.05) is 18.9 Å². The number of Topliss-reactive ketones (excluding diaryl/α,β-unsaturated/α-hetero) is 1. The third-order valence-corrected chi connectivity index (χ3v) is 4.89. The molecular weight excluding hydrogens is 421 g/mol. The standard InChI is InChI=1S/C14H19N5O8S.Na/c20-8-12-15-3-4-17(12)7-10(21)5-16-13(22)11-2-1-9-6-18(11)14(23)19(9)27-28(24,25)26;/h3-4,9,11,20H,1-2,5-8H2,(H,16,22)(H,24,25,26);/q;+1/p-1/t9-,11+;/m1./s1. The molecule has 0 aromatic carbocycles. The topological polar surface area (TPSA) is 174 Å². The van der Waals surface area contributed by atoms with Crippen molar-refractivity contribution in [2.24, 2.45) is 0 Å². The summed E-state index contributed by atoms with van der Waals surface area (Å²) in [4.78, 5) is 41.7. The van der Waals surface area contributed by atoms with Crippen molar-refractivity contribution in [3.05, 3.63) is 18.2 Å². The van der Waals surface area contributed by atoms with Crippen LogP contribution in [0.3, 0.4) is 0 Å². The molecule has 29 heavy (non-hydrogen) atoms. The summed E-state index contributed by atoms with van der Waals surface area (Å²) >= 11 is 0. The van der Waals surface area contributed by atoms with E-state index in [-0.39, 0.29) is 74.4 Å². The molecule has 2 aliphatic heterocycles. The Morgan fingerprint density at radius 1 is 1.38 bits per heavy atom. The molecule has 2 atom stereocenters. The molecule has 3 heterocycles. The van der Waals surface area contributed by atoms with Crippen LogP contribution >= 0.6 is 0 Å². The van der Waals surface area contributed by atoms with Crippen LogP contribution in [-0.4, -0.2) is 80.5 Å². The number of piperidine rings is 1. The molecule has 3 amide bonds. The number of carbonyl (C=O) groups excluding carboxylic acids is 3. The molecule has 13 nitrogen and oxygen atoms in total. The average molecular weight is 439 g/mol. The maximum atomic E-state index is 12.4. The fraction of sp³-hybridized carbons (Fsp3) is 0.571. The van der Waals surface area contributed by atoms with Crippen LogP contribution in [0.5, 0.6) is 0 Å². The number of hydroxylamine groups is 2. The van der Waals surface area contributed by atoms with E-state index in [0.29, 0.717) is 10.9 Å². The van der Waals surface area contributed by atoms with Gasteiger partial charge < -0.3 is 24.4 Å². The van der Waals surface area contributed by atoms with Crippen LogP contribution < -0.4 is 34.9 Å². The molecule has 0 saturated carbocycles. The molecule has 0 aliphatic carbocycles. The smallest absolute Gasteiger partial charge is 0.724 e. The van der Waals surface area contributed by atoms with E-state index in [2.05, 4.69) is 14.6 Å². The predicted octanol–water partition coefficient (Wildman–Crippen LogP) is -5.27. The van der Waals surface area contributed by atoms with Gasteiger partial charge in [0.05, 0.1) is 19.1 Å². The maximum Gasteiger partial charge on any atom is 1.00 e. The molecule has 1 aromatic heterocycles. The SMILES string of the molecule is O=C(CNC(=O)[C@@H]1CC[C@@H]2CN1C(=O)N2OS(=O)(=O)[O-])Cn1ccnc1CO.[Na+].